The van der Waals surface area contributed by atoms with E-state index in [1.807, 2.05) is 31.2 Å². The predicted octanol–water partition coefficient (Wildman–Crippen LogP) is 2.80. The second kappa shape index (κ2) is 7.42. The standard InChI is InChI=1S/C18H27NO4S/c1-14-3-4-15(2)24(20,21)19(14)11-16-5-7-18(8-6-16)23-13-17-9-10-22-12-17/h5-8,14-15,17H,3-4,9-13H2,1-2H3/t14-,15?,17?/m0/s1. The second-order valence-corrected chi connectivity index (χ2v) is 9.32. The fourth-order valence-electron chi connectivity index (χ4n) is 3.30. The third kappa shape index (κ3) is 3.92. The van der Waals surface area contributed by atoms with E-state index in [9.17, 15) is 8.42 Å². The lowest BCUT2D eigenvalue weighted by Gasteiger charge is -2.36. The summed E-state index contributed by atoms with van der Waals surface area (Å²) in [5.41, 5.74) is 0.996. The van der Waals surface area contributed by atoms with Crippen LogP contribution in [0, 0.1) is 5.92 Å². The summed E-state index contributed by atoms with van der Waals surface area (Å²) >= 11 is 0. The van der Waals surface area contributed by atoms with Crippen LogP contribution in [-0.2, 0) is 21.3 Å². The van der Waals surface area contributed by atoms with E-state index >= 15 is 0 Å². The number of hydrogen-bond donors (Lipinski definition) is 0. The molecule has 1 aromatic rings. The molecule has 24 heavy (non-hydrogen) atoms. The minimum atomic E-state index is -3.19. The molecule has 5 nitrogen and oxygen atoms in total. The maximum Gasteiger partial charge on any atom is 0.217 e. The van der Waals surface area contributed by atoms with E-state index in [1.54, 1.807) is 11.2 Å². The summed E-state index contributed by atoms with van der Waals surface area (Å²) in [5.74, 6) is 1.30. The van der Waals surface area contributed by atoms with Crippen LogP contribution in [0.15, 0.2) is 24.3 Å². The summed E-state index contributed by atoms with van der Waals surface area (Å²) in [4.78, 5) is 0. The van der Waals surface area contributed by atoms with Gasteiger partial charge in [0.15, 0.2) is 0 Å². The van der Waals surface area contributed by atoms with Crippen LogP contribution in [0.2, 0.25) is 0 Å². The molecule has 134 valence electrons. The van der Waals surface area contributed by atoms with Gasteiger partial charge in [0.1, 0.15) is 5.75 Å². The maximum absolute atomic E-state index is 12.5. The van der Waals surface area contributed by atoms with Crippen molar-refractivity contribution in [2.24, 2.45) is 5.92 Å². The largest absolute Gasteiger partial charge is 0.493 e. The monoisotopic (exact) mass is 353 g/mol. The Kier molecular flexibility index (Phi) is 5.47. The zero-order valence-corrected chi connectivity index (χ0v) is 15.3. The van der Waals surface area contributed by atoms with Crippen LogP contribution >= 0.6 is 0 Å². The Labute approximate surface area is 145 Å². The lowest BCUT2D eigenvalue weighted by atomic mass is 10.1. The molecule has 0 amide bonds. The minimum Gasteiger partial charge on any atom is -0.493 e. The van der Waals surface area contributed by atoms with Crippen molar-refractivity contribution in [2.75, 3.05) is 19.8 Å². The van der Waals surface area contributed by atoms with Crippen molar-refractivity contribution in [3.8, 4) is 5.75 Å². The Morgan fingerprint density at radius 2 is 1.92 bits per heavy atom. The van der Waals surface area contributed by atoms with E-state index in [1.165, 1.54) is 0 Å². The van der Waals surface area contributed by atoms with Gasteiger partial charge < -0.3 is 9.47 Å². The SMILES string of the molecule is CC1CC[C@H](C)N(Cc2ccc(OCC3CCOC3)cc2)S1(=O)=O. The summed E-state index contributed by atoms with van der Waals surface area (Å²) < 4.78 is 37.9. The molecule has 0 radical (unpaired) electrons. The highest BCUT2D eigenvalue weighted by atomic mass is 32.2. The zero-order valence-electron chi connectivity index (χ0n) is 14.5. The van der Waals surface area contributed by atoms with E-state index < -0.39 is 10.0 Å². The number of rotatable bonds is 5. The van der Waals surface area contributed by atoms with Crippen LogP contribution in [-0.4, -0.2) is 43.8 Å². The Hall–Kier alpha value is -1.11. The van der Waals surface area contributed by atoms with Gasteiger partial charge in [-0.2, -0.15) is 4.31 Å². The van der Waals surface area contributed by atoms with Gasteiger partial charge in [0, 0.05) is 25.1 Å². The average Bonchev–Trinajstić information content (AvgIpc) is 3.08. The van der Waals surface area contributed by atoms with E-state index in [0.29, 0.717) is 19.1 Å². The van der Waals surface area contributed by atoms with Crippen molar-refractivity contribution in [3.63, 3.8) is 0 Å². The maximum atomic E-state index is 12.5. The first kappa shape index (κ1) is 17.7. The lowest BCUT2D eigenvalue weighted by molar-refractivity contribution is 0.167. The van der Waals surface area contributed by atoms with Gasteiger partial charge in [-0.3, -0.25) is 0 Å². The first-order chi connectivity index (χ1) is 11.5. The van der Waals surface area contributed by atoms with E-state index in [2.05, 4.69) is 0 Å². The van der Waals surface area contributed by atoms with Crippen LogP contribution in [0.5, 0.6) is 5.75 Å². The second-order valence-electron chi connectivity index (χ2n) is 7.01. The molecule has 2 fully saturated rings. The first-order valence-electron chi connectivity index (χ1n) is 8.77. The van der Waals surface area contributed by atoms with Gasteiger partial charge in [0.05, 0.1) is 18.5 Å². The molecule has 1 aromatic carbocycles. The van der Waals surface area contributed by atoms with Crippen LogP contribution in [0.3, 0.4) is 0 Å². The van der Waals surface area contributed by atoms with Crippen molar-refractivity contribution in [3.05, 3.63) is 29.8 Å². The van der Waals surface area contributed by atoms with Gasteiger partial charge in [-0.05, 0) is 50.8 Å². The topological polar surface area (TPSA) is 55.8 Å². The number of sulfonamides is 1. The Balaban J connectivity index is 1.60. The molecule has 0 aromatic heterocycles. The molecule has 0 N–H and O–H groups in total. The van der Waals surface area contributed by atoms with Crippen molar-refractivity contribution < 1.29 is 17.9 Å². The predicted molar refractivity (Wildman–Crippen MR) is 93.5 cm³/mol. The molecule has 0 saturated carbocycles. The summed E-state index contributed by atoms with van der Waals surface area (Å²) in [6.45, 7) is 6.51. The molecule has 0 aliphatic carbocycles. The summed E-state index contributed by atoms with van der Waals surface area (Å²) in [6.07, 6.45) is 2.73. The van der Waals surface area contributed by atoms with E-state index in [4.69, 9.17) is 9.47 Å². The van der Waals surface area contributed by atoms with Crippen LogP contribution in [0.4, 0.5) is 0 Å². The molecule has 6 heteroatoms. The van der Waals surface area contributed by atoms with Crippen molar-refractivity contribution >= 4 is 10.0 Å². The van der Waals surface area contributed by atoms with Gasteiger partial charge in [-0.1, -0.05) is 12.1 Å². The quantitative estimate of drug-likeness (QED) is 0.817. The van der Waals surface area contributed by atoms with Crippen molar-refractivity contribution in [1.82, 2.24) is 4.31 Å². The average molecular weight is 353 g/mol. The van der Waals surface area contributed by atoms with Crippen LogP contribution in [0.1, 0.15) is 38.7 Å². The van der Waals surface area contributed by atoms with E-state index in [0.717, 1.165) is 43.8 Å². The number of nitrogens with zero attached hydrogens (tertiary/aromatic N) is 1. The van der Waals surface area contributed by atoms with Gasteiger partial charge in [0.25, 0.3) is 0 Å². The Morgan fingerprint density at radius 3 is 2.58 bits per heavy atom. The van der Waals surface area contributed by atoms with Crippen molar-refractivity contribution in [2.45, 2.75) is 50.9 Å². The molecule has 2 unspecified atom stereocenters. The van der Waals surface area contributed by atoms with Gasteiger partial charge in [-0.15, -0.1) is 0 Å². The molecule has 2 aliphatic rings. The molecule has 0 spiro atoms. The van der Waals surface area contributed by atoms with Gasteiger partial charge in [0.2, 0.25) is 10.0 Å². The molecule has 3 atom stereocenters. The summed E-state index contributed by atoms with van der Waals surface area (Å²) in [5, 5.41) is -0.287. The van der Waals surface area contributed by atoms with Crippen LogP contribution in [0.25, 0.3) is 0 Å². The molecule has 0 bridgehead atoms. The zero-order chi connectivity index (χ0) is 17.2. The molecule has 2 heterocycles. The molecule has 2 aliphatic heterocycles. The fourth-order valence-corrected chi connectivity index (χ4v) is 5.13. The Bertz CT molecular complexity index is 637. The number of hydrogen-bond acceptors (Lipinski definition) is 4. The normalized spacial score (nSPS) is 30.3. The highest BCUT2D eigenvalue weighted by Gasteiger charge is 2.36. The molecular weight excluding hydrogens is 326 g/mol. The smallest absolute Gasteiger partial charge is 0.217 e. The summed E-state index contributed by atoms with van der Waals surface area (Å²) in [7, 11) is -3.19. The van der Waals surface area contributed by atoms with Gasteiger partial charge >= 0.3 is 0 Å². The number of ether oxygens (including phenoxy) is 2. The number of benzene rings is 1. The minimum absolute atomic E-state index is 0.0597. The highest BCUT2D eigenvalue weighted by Crippen LogP contribution is 2.28. The fraction of sp³-hybridized carbons (Fsp3) is 0.667. The van der Waals surface area contributed by atoms with E-state index in [-0.39, 0.29) is 11.3 Å². The molecule has 3 rings (SSSR count). The highest BCUT2D eigenvalue weighted by molar-refractivity contribution is 7.89. The van der Waals surface area contributed by atoms with Gasteiger partial charge in [-0.25, -0.2) is 8.42 Å². The van der Waals surface area contributed by atoms with Crippen LogP contribution < -0.4 is 4.74 Å². The lowest BCUT2D eigenvalue weighted by Crippen LogP contribution is -2.46. The Morgan fingerprint density at radius 1 is 1.17 bits per heavy atom. The molecular formula is C18H27NO4S. The first-order valence-corrected chi connectivity index (χ1v) is 10.3. The third-order valence-electron chi connectivity index (χ3n) is 5.09. The third-order valence-corrected chi connectivity index (χ3v) is 7.48. The summed E-state index contributed by atoms with van der Waals surface area (Å²) in [6, 6.07) is 7.83. The molecule has 2 saturated heterocycles. The van der Waals surface area contributed by atoms with Crippen molar-refractivity contribution in [1.29, 1.82) is 0 Å².